The van der Waals surface area contributed by atoms with Gasteiger partial charge in [0.25, 0.3) is 3.79 Å². The summed E-state index contributed by atoms with van der Waals surface area (Å²) in [6.07, 6.45) is -26.2. The van der Waals surface area contributed by atoms with E-state index in [1.165, 1.54) is 92.0 Å². The number of benzene rings is 4. The van der Waals surface area contributed by atoms with Crippen LogP contribution in [0.4, 0.5) is 0 Å². The molecule has 472 valence electrons. The normalized spacial score (nSPS) is 25.8. The van der Waals surface area contributed by atoms with E-state index in [2.05, 4.69) is 0 Å². The highest BCUT2D eigenvalue weighted by molar-refractivity contribution is 6.76. The number of esters is 9. The third-order valence-electron chi connectivity index (χ3n) is 13.1. The number of hydrogen-bond acceptors (Lipinski definition) is 26. The van der Waals surface area contributed by atoms with Crippen molar-refractivity contribution in [3.63, 3.8) is 0 Å². The molecule has 3 heterocycles. The van der Waals surface area contributed by atoms with E-state index in [4.69, 9.17) is 116 Å². The molecule has 3 saturated heterocycles. The van der Waals surface area contributed by atoms with Gasteiger partial charge in [-0.1, -0.05) is 89.4 Å². The van der Waals surface area contributed by atoms with Crippen molar-refractivity contribution in [2.24, 2.45) is 0 Å². The van der Waals surface area contributed by atoms with Crippen LogP contribution in [0.3, 0.4) is 0 Å². The average molecular weight is 1290 g/mol. The van der Waals surface area contributed by atoms with Crippen molar-refractivity contribution in [3.05, 3.63) is 138 Å². The van der Waals surface area contributed by atoms with Crippen molar-refractivity contribution in [1.82, 2.24) is 0 Å². The molecule has 3 aliphatic rings. The van der Waals surface area contributed by atoms with Gasteiger partial charge in [-0.15, -0.1) is 0 Å². The summed E-state index contributed by atoms with van der Waals surface area (Å²) in [5.74, 6) is -9.39. The Kier molecular flexibility index (Phi) is 24.0. The van der Waals surface area contributed by atoms with E-state index < -0.39 is 176 Å². The van der Waals surface area contributed by atoms with Crippen molar-refractivity contribution in [2.45, 2.75) is 131 Å². The predicted octanol–water partition coefficient (Wildman–Crippen LogP) is 6.15. The van der Waals surface area contributed by atoms with Crippen molar-refractivity contribution >= 4 is 94.4 Å². The lowest BCUT2D eigenvalue weighted by atomic mass is 9.95. The van der Waals surface area contributed by atoms with Crippen LogP contribution in [0.15, 0.2) is 115 Å². The van der Waals surface area contributed by atoms with E-state index in [0.717, 1.165) is 34.6 Å². The molecule has 4 aromatic carbocycles. The van der Waals surface area contributed by atoms with Crippen LogP contribution in [-0.2, 0) is 95.0 Å². The van der Waals surface area contributed by atoms with Crippen LogP contribution in [0.25, 0.3) is 0 Å². The second kappa shape index (κ2) is 31.3. The Balaban J connectivity index is 1.39. The van der Waals surface area contributed by atoms with E-state index in [1.54, 1.807) is 30.3 Å². The minimum absolute atomic E-state index is 0.0355. The first-order valence-electron chi connectivity index (χ1n) is 26.9. The highest BCUT2D eigenvalue weighted by atomic mass is 35.6. The maximum absolute atomic E-state index is 14.6. The first-order chi connectivity index (χ1) is 41.9. The van der Waals surface area contributed by atoms with Crippen LogP contribution in [0.1, 0.15) is 82.5 Å². The van der Waals surface area contributed by atoms with Gasteiger partial charge in [0.15, 0.2) is 49.2 Å². The van der Waals surface area contributed by atoms with Crippen molar-refractivity contribution in [1.29, 1.82) is 5.41 Å². The van der Waals surface area contributed by atoms with Crippen LogP contribution < -0.4 is 4.74 Å². The number of ether oxygens (including phenoxy) is 16. The van der Waals surface area contributed by atoms with E-state index in [9.17, 15) is 43.2 Å². The fourth-order valence-corrected chi connectivity index (χ4v) is 9.30. The number of nitrogens with one attached hydrogen (secondary N) is 1. The van der Waals surface area contributed by atoms with Crippen LogP contribution in [0, 0.1) is 5.41 Å². The third kappa shape index (κ3) is 18.8. The third-order valence-corrected chi connectivity index (χ3v) is 13.6. The summed E-state index contributed by atoms with van der Waals surface area (Å²) in [5, 5.41) is 8.51. The van der Waals surface area contributed by atoms with Gasteiger partial charge in [-0.05, 0) is 60.7 Å². The van der Waals surface area contributed by atoms with Crippen LogP contribution in [0.5, 0.6) is 5.75 Å². The van der Waals surface area contributed by atoms with E-state index in [-0.39, 0.29) is 22.3 Å². The molecule has 3 aliphatic heterocycles. The van der Waals surface area contributed by atoms with Gasteiger partial charge in [-0.3, -0.25) is 29.4 Å². The molecule has 1 N–H and O–H groups in total. The molecule has 88 heavy (non-hydrogen) atoms. The molecule has 0 saturated carbocycles. The van der Waals surface area contributed by atoms with Gasteiger partial charge in [0.1, 0.15) is 50.0 Å². The number of carbonyl (C=O) groups excluding carboxylic acids is 9. The molecule has 0 unspecified atom stereocenters. The minimum atomic E-state index is -2.51. The van der Waals surface area contributed by atoms with Crippen LogP contribution in [0.2, 0.25) is 0 Å². The van der Waals surface area contributed by atoms with Gasteiger partial charge >= 0.3 is 53.7 Å². The summed E-state index contributed by atoms with van der Waals surface area (Å²) in [7, 11) is 1.42. The van der Waals surface area contributed by atoms with E-state index in [0.29, 0.717) is 5.75 Å². The van der Waals surface area contributed by atoms with E-state index in [1.807, 2.05) is 0 Å². The zero-order valence-corrected chi connectivity index (χ0v) is 50.0. The minimum Gasteiger partial charge on any atom is -0.497 e. The molecule has 14 atom stereocenters. The molecule has 0 amide bonds. The summed E-state index contributed by atoms with van der Waals surface area (Å²) in [6, 6.07) is 28.2. The molecule has 29 heteroatoms. The lowest BCUT2D eigenvalue weighted by Crippen LogP contribution is -2.68. The molecular weight excluding hydrogens is 1230 g/mol. The Labute approximate surface area is 517 Å². The van der Waals surface area contributed by atoms with Crippen LogP contribution in [-0.4, -0.2) is 176 Å². The second-order valence-electron chi connectivity index (χ2n) is 19.5. The van der Waals surface area contributed by atoms with Crippen molar-refractivity contribution < 1.29 is 119 Å². The SMILES string of the molecule is COc1ccc(C(=O)OC[C@H]2O[C@H](OC(=N)C(Cl)(Cl)Cl)[C@H](OC(=O)c3ccccc3)C[C@@H]2O[C@@H]2O[C@H](COC(C)=O)[C@H](O[C@H]3O[C@H](COC(C)=O)[C@H](OC(C)=O)[C@H](OC(C)=O)[C@H]3OC(C)=O)[C@H](OC(=O)c3ccccc3)[C@H]2OC(=O)c2ccccc2)cc1. The Morgan fingerprint density at radius 3 is 1.30 bits per heavy atom. The summed E-state index contributed by atoms with van der Waals surface area (Å²) < 4.78 is 93.3. The van der Waals surface area contributed by atoms with Gasteiger partial charge in [0, 0.05) is 41.0 Å². The number of halogens is 3. The highest BCUT2D eigenvalue weighted by Crippen LogP contribution is 2.39. The van der Waals surface area contributed by atoms with Gasteiger partial charge < -0.3 is 75.8 Å². The molecule has 0 aromatic heterocycles. The van der Waals surface area contributed by atoms with Gasteiger partial charge in [-0.2, -0.15) is 0 Å². The smallest absolute Gasteiger partial charge is 0.338 e. The first-order valence-corrected chi connectivity index (χ1v) is 28.0. The quantitative estimate of drug-likeness (QED) is 0.0303. The zero-order valence-electron chi connectivity index (χ0n) is 47.7. The van der Waals surface area contributed by atoms with Crippen molar-refractivity contribution in [2.75, 3.05) is 26.9 Å². The molecular formula is C59H60Cl3NO25. The Morgan fingerprint density at radius 1 is 0.420 bits per heavy atom. The molecule has 0 bridgehead atoms. The molecule has 3 fully saturated rings. The lowest BCUT2D eigenvalue weighted by Gasteiger charge is -2.49. The maximum atomic E-state index is 14.6. The summed E-state index contributed by atoms with van der Waals surface area (Å²) in [4.78, 5) is 121. The molecule has 0 radical (unpaired) electrons. The number of carbonyl (C=O) groups is 9. The van der Waals surface area contributed by atoms with E-state index >= 15 is 0 Å². The monoisotopic (exact) mass is 1290 g/mol. The predicted molar refractivity (Wildman–Crippen MR) is 300 cm³/mol. The topological polar surface area (TPSA) is 325 Å². The lowest BCUT2D eigenvalue weighted by molar-refractivity contribution is -0.369. The second-order valence-corrected chi connectivity index (χ2v) is 21.8. The molecule has 4 aromatic rings. The van der Waals surface area contributed by atoms with Gasteiger partial charge in [-0.25, -0.2) is 19.2 Å². The molecule has 26 nitrogen and oxygen atoms in total. The maximum Gasteiger partial charge on any atom is 0.338 e. The fourth-order valence-electron chi connectivity index (χ4n) is 9.17. The molecule has 0 aliphatic carbocycles. The summed E-state index contributed by atoms with van der Waals surface area (Å²) in [5.41, 5.74) is -0.0938. The number of methoxy groups -OCH3 is 1. The molecule has 0 spiro atoms. The number of hydrogen-bond donors (Lipinski definition) is 1. The fraction of sp³-hybridized carbons (Fsp3) is 0.424. The number of alkyl halides is 3. The standard InChI is InChI=1S/C59H60Cl3NO25/c1-30(64)74-28-43-45(77-32(3)66)47(78-33(4)67)49(79-34(5)68)57(84-43)87-46-44(29-75-31(2)65)83-56(50(86-54(72)37-20-14-9-15-21-37)48(46)85-53(71)36-18-12-8-13-19-36)81-40-26-41(80-52(70)35-16-10-7-11-17-35)55(88-58(63)59(60,61)62)82-42(40)27-76-51(69)38-22-24-39(73-6)25-23-38/h7-25,40-50,55-57,63H,26-29H2,1-6H3/t40-,41+,42+,43+,44+,45-,46-,47-,48-,49+,50+,55+,56+,57+/m0/s1. The Bertz CT molecular complexity index is 3100. The van der Waals surface area contributed by atoms with Crippen LogP contribution >= 0.6 is 34.8 Å². The average Bonchev–Trinajstić information content (AvgIpc) is 3.05. The van der Waals surface area contributed by atoms with Crippen molar-refractivity contribution in [3.8, 4) is 5.75 Å². The van der Waals surface area contributed by atoms with Gasteiger partial charge in [0.05, 0.1) is 35.5 Å². The number of rotatable bonds is 22. The Hall–Kier alpha value is -7.95. The highest BCUT2D eigenvalue weighted by Gasteiger charge is 2.59. The van der Waals surface area contributed by atoms with Gasteiger partial charge in [0.2, 0.25) is 12.2 Å². The molecule has 7 rings (SSSR count). The largest absolute Gasteiger partial charge is 0.497 e. The first kappa shape index (κ1) is 67.6. The summed E-state index contributed by atoms with van der Waals surface area (Å²) in [6.45, 7) is 2.78. The summed E-state index contributed by atoms with van der Waals surface area (Å²) >= 11 is 18.2. The Morgan fingerprint density at radius 2 is 0.818 bits per heavy atom. The zero-order chi connectivity index (χ0) is 63.8.